The molecule has 2 aliphatic rings. The summed E-state index contributed by atoms with van der Waals surface area (Å²) in [6.07, 6.45) is 13.2. The summed E-state index contributed by atoms with van der Waals surface area (Å²) in [5.74, 6) is 3.67. The fourth-order valence-corrected chi connectivity index (χ4v) is 5.07. The summed E-state index contributed by atoms with van der Waals surface area (Å²) in [6.45, 7) is 8.49. The van der Waals surface area contributed by atoms with Crippen LogP contribution in [0.25, 0.3) is 6.08 Å². The van der Waals surface area contributed by atoms with Crippen LogP contribution in [0.1, 0.15) is 61.2 Å². The summed E-state index contributed by atoms with van der Waals surface area (Å²) >= 11 is 1.56. The van der Waals surface area contributed by atoms with Gasteiger partial charge in [0.2, 0.25) is 0 Å². The van der Waals surface area contributed by atoms with Crippen molar-refractivity contribution in [1.82, 2.24) is 9.80 Å². The molecule has 1 aliphatic heterocycles. The first-order valence-electron chi connectivity index (χ1n) is 9.86. The van der Waals surface area contributed by atoms with E-state index in [1.807, 2.05) is 12.3 Å². The Morgan fingerprint density at radius 2 is 1.96 bits per heavy atom. The Morgan fingerprint density at radius 3 is 2.58 bits per heavy atom. The van der Waals surface area contributed by atoms with Crippen LogP contribution in [0.3, 0.4) is 0 Å². The number of thiophene rings is 1. The quantitative estimate of drug-likeness (QED) is 0.563. The van der Waals surface area contributed by atoms with Gasteiger partial charge in [-0.15, -0.1) is 23.7 Å². The van der Waals surface area contributed by atoms with Gasteiger partial charge in [-0.3, -0.25) is 9.69 Å². The first-order chi connectivity index (χ1) is 12.6. The third kappa shape index (κ3) is 4.39. The van der Waals surface area contributed by atoms with Crippen molar-refractivity contribution in [3.8, 4) is 12.3 Å². The second-order valence-corrected chi connectivity index (χ2v) is 8.38. The van der Waals surface area contributed by atoms with Crippen LogP contribution in [-0.2, 0) is 0 Å². The zero-order chi connectivity index (χ0) is 18.5. The molecular formula is C22H30N2OS. The highest BCUT2D eigenvalue weighted by Gasteiger charge is 2.27. The molecule has 1 saturated carbocycles. The molecule has 3 nitrogen and oxygen atoms in total. The minimum Gasteiger partial charge on any atom is -0.372 e. The fourth-order valence-electron chi connectivity index (χ4n) is 4.18. The van der Waals surface area contributed by atoms with E-state index in [1.54, 1.807) is 11.3 Å². The molecule has 1 aromatic heterocycles. The molecule has 26 heavy (non-hydrogen) atoms. The lowest BCUT2D eigenvalue weighted by molar-refractivity contribution is 0.0897. The van der Waals surface area contributed by atoms with E-state index < -0.39 is 0 Å². The number of nitrogens with zero attached hydrogens (tertiary/aromatic N) is 2. The molecule has 0 N–H and O–H groups in total. The Kier molecular flexibility index (Phi) is 6.56. The van der Waals surface area contributed by atoms with Gasteiger partial charge in [-0.1, -0.05) is 6.92 Å². The van der Waals surface area contributed by atoms with Gasteiger partial charge in [-0.2, -0.15) is 0 Å². The predicted octanol–water partition coefficient (Wildman–Crippen LogP) is 4.51. The molecule has 0 bridgehead atoms. The maximum Gasteiger partial charge on any atom is 0.173 e. The van der Waals surface area contributed by atoms with E-state index in [-0.39, 0.29) is 5.78 Å². The molecule has 1 aliphatic carbocycles. The maximum atomic E-state index is 12.1. The van der Waals surface area contributed by atoms with Crippen molar-refractivity contribution in [2.45, 2.75) is 52.0 Å². The molecule has 2 fully saturated rings. The molecule has 0 aromatic carbocycles. The number of hydrogen-bond donors (Lipinski definition) is 0. The molecule has 3 rings (SSSR count). The summed E-state index contributed by atoms with van der Waals surface area (Å²) in [5, 5.41) is 2.02. The molecule has 2 heterocycles. The summed E-state index contributed by atoms with van der Waals surface area (Å²) in [7, 11) is 0. The monoisotopic (exact) mass is 370 g/mol. The molecule has 1 saturated heterocycles. The lowest BCUT2D eigenvalue weighted by atomic mass is 9.85. The van der Waals surface area contributed by atoms with E-state index in [0.29, 0.717) is 12.3 Å². The van der Waals surface area contributed by atoms with E-state index in [9.17, 15) is 4.79 Å². The summed E-state index contributed by atoms with van der Waals surface area (Å²) < 4.78 is 0. The Balaban J connectivity index is 1.56. The second kappa shape index (κ2) is 8.88. The zero-order valence-corrected chi connectivity index (χ0v) is 16.9. The number of rotatable bonds is 5. The van der Waals surface area contributed by atoms with Crippen LogP contribution in [-0.4, -0.2) is 47.8 Å². The van der Waals surface area contributed by atoms with Crippen LogP contribution in [0.15, 0.2) is 17.1 Å². The number of carbonyl (C=O) groups is 1. The van der Waals surface area contributed by atoms with Gasteiger partial charge in [-0.05, 0) is 55.7 Å². The maximum absolute atomic E-state index is 12.1. The molecule has 0 radical (unpaired) electrons. The topological polar surface area (TPSA) is 23.6 Å². The van der Waals surface area contributed by atoms with Crippen molar-refractivity contribution >= 4 is 23.2 Å². The SMILES string of the molecule is C#CC1CCC(N2CCN(/C(C)=C/c3ccsc3C(=O)CC)CC2)CC1. The van der Waals surface area contributed by atoms with Gasteiger partial charge in [-0.25, -0.2) is 0 Å². The molecule has 0 atom stereocenters. The molecule has 4 heteroatoms. The van der Waals surface area contributed by atoms with Gasteiger partial charge in [0.05, 0.1) is 4.88 Å². The Morgan fingerprint density at radius 1 is 1.27 bits per heavy atom. The minimum absolute atomic E-state index is 0.242. The molecular weight excluding hydrogens is 340 g/mol. The molecule has 0 unspecified atom stereocenters. The Labute approximate surface area is 162 Å². The van der Waals surface area contributed by atoms with Crippen molar-refractivity contribution in [2.24, 2.45) is 5.92 Å². The highest BCUT2D eigenvalue weighted by Crippen LogP contribution is 2.28. The van der Waals surface area contributed by atoms with E-state index in [4.69, 9.17) is 6.42 Å². The van der Waals surface area contributed by atoms with Crippen LogP contribution in [0.5, 0.6) is 0 Å². The van der Waals surface area contributed by atoms with E-state index in [2.05, 4.69) is 34.8 Å². The number of ketones is 1. The zero-order valence-electron chi connectivity index (χ0n) is 16.0. The van der Waals surface area contributed by atoms with Crippen LogP contribution < -0.4 is 0 Å². The van der Waals surface area contributed by atoms with E-state index in [0.717, 1.165) is 42.7 Å². The lowest BCUT2D eigenvalue weighted by Gasteiger charge is -2.42. The van der Waals surface area contributed by atoms with Gasteiger partial charge >= 0.3 is 0 Å². The third-order valence-electron chi connectivity index (χ3n) is 5.90. The largest absolute Gasteiger partial charge is 0.372 e. The van der Waals surface area contributed by atoms with Gasteiger partial charge in [0.1, 0.15) is 0 Å². The normalized spacial score (nSPS) is 25.1. The van der Waals surface area contributed by atoms with Crippen molar-refractivity contribution in [1.29, 1.82) is 0 Å². The summed E-state index contributed by atoms with van der Waals surface area (Å²) in [6, 6.07) is 2.79. The number of terminal acetylenes is 1. The van der Waals surface area contributed by atoms with Crippen LogP contribution in [0, 0.1) is 18.3 Å². The lowest BCUT2D eigenvalue weighted by Crippen LogP contribution is -2.50. The molecule has 1 aromatic rings. The standard InChI is InChI=1S/C22H30N2OS/c1-4-18-6-8-20(9-7-18)24-13-11-23(12-14-24)17(3)16-19-10-15-26-22(19)21(25)5-2/h1,10,15-16,18,20H,5-9,11-14H2,2-3H3/b17-16+. The van der Waals surface area contributed by atoms with Crippen molar-refractivity contribution in [3.05, 3.63) is 27.6 Å². The Bertz CT molecular complexity index is 683. The van der Waals surface area contributed by atoms with Crippen molar-refractivity contribution in [3.63, 3.8) is 0 Å². The second-order valence-electron chi connectivity index (χ2n) is 7.46. The number of carbonyl (C=O) groups excluding carboxylic acids is 1. The summed E-state index contributed by atoms with van der Waals surface area (Å²) in [5.41, 5.74) is 2.35. The number of allylic oxidation sites excluding steroid dienone is 1. The highest BCUT2D eigenvalue weighted by atomic mass is 32.1. The van der Waals surface area contributed by atoms with Gasteiger partial charge in [0, 0.05) is 50.3 Å². The average Bonchev–Trinajstić information content (AvgIpc) is 3.15. The first kappa shape index (κ1) is 19.2. The van der Waals surface area contributed by atoms with Crippen LogP contribution >= 0.6 is 11.3 Å². The van der Waals surface area contributed by atoms with Gasteiger partial charge in [0.15, 0.2) is 5.78 Å². The van der Waals surface area contributed by atoms with Crippen LogP contribution in [0.4, 0.5) is 0 Å². The minimum atomic E-state index is 0.242. The van der Waals surface area contributed by atoms with Crippen molar-refractivity contribution in [2.75, 3.05) is 26.2 Å². The summed E-state index contributed by atoms with van der Waals surface area (Å²) in [4.78, 5) is 18.1. The molecule has 140 valence electrons. The Hall–Kier alpha value is -1.57. The first-order valence-corrected chi connectivity index (χ1v) is 10.7. The smallest absolute Gasteiger partial charge is 0.173 e. The van der Waals surface area contributed by atoms with E-state index in [1.165, 1.54) is 31.4 Å². The fraction of sp³-hybridized carbons (Fsp3) is 0.591. The van der Waals surface area contributed by atoms with Crippen LogP contribution in [0.2, 0.25) is 0 Å². The van der Waals surface area contributed by atoms with Gasteiger partial charge in [0.25, 0.3) is 0 Å². The number of hydrogen-bond acceptors (Lipinski definition) is 4. The van der Waals surface area contributed by atoms with E-state index >= 15 is 0 Å². The predicted molar refractivity (Wildman–Crippen MR) is 110 cm³/mol. The van der Waals surface area contributed by atoms with Gasteiger partial charge < -0.3 is 4.90 Å². The molecule has 0 spiro atoms. The number of Topliss-reactive ketones (excluding diaryl/α,β-unsaturated/α-hetero) is 1. The molecule has 0 amide bonds. The number of piperazine rings is 1. The van der Waals surface area contributed by atoms with Crippen molar-refractivity contribution < 1.29 is 4.79 Å². The average molecular weight is 371 g/mol. The highest BCUT2D eigenvalue weighted by molar-refractivity contribution is 7.12. The third-order valence-corrected chi connectivity index (χ3v) is 6.87.